The summed E-state index contributed by atoms with van der Waals surface area (Å²) in [4.78, 5) is 2.53. The van der Waals surface area contributed by atoms with Gasteiger partial charge in [-0.2, -0.15) is 0 Å². The molecule has 154 valence electrons. The van der Waals surface area contributed by atoms with Crippen LogP contribution in [-0.4, -0.2) is 50.6 Å². The van der Waals surface area contributed by atoms with Crippen LogP contribution in [0.3, 0.4) is 0 Å². The van der Waals surface area contributed by atoms with Crippen LogP contribution < -0.4 is 4.74 Å². The van der Waals surface area contributed by atoms with Crippen molar-refractivity contribution in [3.05, 3.63) is 28.2 Å². The standard InChI is InChI=1S/C21H33Cl2NO3/c1-4-5-6-11-24-12-9-17(21(15-24)27-16(2)25-3)10-13-26-18-7-8-19(22)20(23)14-18/h7-8,14,16-17,21H,4-6,9-13,15H2,1-3H3. The first-order valence-corrected chi connectivity index (χ1v) is 10.8. The number of benzene rings is 1. The van der Waals surface area contributed by atoms with E-state index in [1.165, 1.54) is 19.3 Å². The molecule has 3 unspecified atom stereocenters. The zero-order chi connectivity index (χ0) is 19.6. The number of likely N-dealkylation sites (tertiary alicyclic amines) is 1. The molecule has 3 atom stereocenters. The number of methoxy groups -OCH3 is 1. The highest BCUT2D eigenvalue weighted by atomic mass is 35.5. The van der Waals surface area contributed by atoms with Crippen molar-refractivity contribution in [2.24, 2.45) is 5.92 Å². The van der Waals surface area contributed by atoms with E-state index in [-0.39, 0.29) is 12.4 Å². The molecular weight excluding hydrogens is 385 g/mol. The van der Waals surface area contributed by atoms with E-state index in [2.05, 4.69) is 11.8 Å². The zero-order valence-electron chi connectivity index (χ0n) is 16.8. The molecule has 27 heavy (non-hydrogen) atoms. The van der Waals surface area contributed by atoms with E-state index in [0.29, 0.717) is 22.6 Å². The number of unbranched alkanes of at least 4 members (excludes halogenated alkanes) is 2. The number of hydrogen-bond donors (Lipinski definition) is 0. The zero-order valence-corrected chi connectivity index (χ0v) is 18.3. The van der Waals surface area contributed by atoms with Gasteiger partial charge in [-0.15, -0.1) is 0 Å². The molecule has 2 rings (SSSR count). The van der Waals surface area contributed by atoms with Gasteiger partial charge in [-0.05, 0) is 57.3 Å². The highest BCUT2D eigenvalue weighted by Crippen LogP contribution is 2.28. The van der Waals surface area contributed by atoms with Gasteiger partial charge in [0.15, 0.2) is 6.29 Å². The van der Waals surface area contributed by atoms with Crippen LogP contribution in [0.5, 0.6) is 5.75 Å². The Morgan fingerprint density at radius 2 is 2.04 bits per heavy atom. The Balaban J connectivity index is 1.85. The lowest BCUT2D eigenvalue weighted by Gasteiger charge is -2.39. The normalized spacial score (nSPS) is 22.0. The number of nitrogens with zero attached hydrogens (tertiary/aromatic N) is 1. The summed E-state index contributed by atoms with van der Waals surface area (Å²) in [7, 11) is 1.69. The molecule has 6 heteroatoms. The van der Waals surface area contributed by atoms with Gasteiger partial charge in [0.05, 0.1) is 22.8 Å². The highest BCUT2D eigenvalue weighted by Gasteiger charge is 2.31. The third-order valence-electron chi connectivity index (χ3n) is 5.20. The van der Waals surface area contributed by atoms with Crippen LogP contribution in [0.1, 0.15) is 46.0 Å². The lowest BCUT2D eigenvalue weighted by atomic mass is 9.90. The summed E-state index contributed by atoms with van der Waals surface area (Å²) in [6, 6.07) is 5.38. The maximum absolute atomic E-state index is 6.17. The number of hydrogen-bond acceptors (Lipinski definition) is 4. The van der Waals surface area contributed by atoms with Crippen LogP contribution in [0, 0.1) is 5.92 Å². The quantitative estimate of drug-likeness (QED) is 0.343. The maximum Gasteiger partial charge on any atom is 0.154 e. The van der Waals surface area contributed by atoms with Crippen LogP contribution in [0.2, 0.25) is 10.0 Å². The first-order valence-electron chi connectivity index (χ1n) is 10.0. The first-order chi connectivity index (χ1) is 13.0. The van der Waals surface area contributed by atoms with Crippen LogP contribution in [0.15, 0.2) is 18.2 Å². The van der Waals surface area contributed by atoms with Gasteiger partial charge >= 0.3 is 0 Å². The van der Waals surface area contributed by atoms with Crippen molar-refractivity contribution in [3.63, 3.8) is 0 Å². The van der Waals surface area contributed by atoms with Crippen LogP contribution in [-0.2, 0) is 9.47 Å². The summed E-state index contributed by atoms with van der Waals surface area (Å²) in [6.45, 7) is 8.09. The number of ether oxygens (including phenoxy) is 3. The molecule has 0 amide bonds. The summed E-state index contributed by atoms with van der Waals surface area (Å²) in [5, 5.41) is 1.06. The average Bonchev–Trinajstić information content (AvgIpc) is 2.66. The molecule has 1 heterocycles. The van der Waals surface area contributed by atoms with E-state index in [0.717, 1.165) is 38.2 Å². The molecule has 1 aliphatic rings. The summed E-state index contributed by atoms with van der Waals surface area (Å²) < 4.78 is 17.4. The minimum absolute atomic E-state index is 0.174. The summed E-state index contributed by atoms with van der Waals surface area (Å²) in [6.07, 6.45) is 5.86. The van der Waals surface area contributed by atoms with Crippen molar-refractivity contribution in [2.75, 3.05) is 33.4 Å². The maximum atomic E-state index is 6.17. The Kier molecular flexibility index (Phi) is 10.2. The molecule has 0 spiro atoms. The molecule has 1 fully saturated rings. The second kappa shape index (κ2) is 12.1. The lowest BCUT2D eigenvalue weighted by molar-refractivity contribution is -0.173. The molecule has 1 aliphatic heterocycles. The van der Waals surface area contributed by atoms with Crippen LogP contribution in [0.4, 0.5) is 0 Å². The van der Waals surface area contributed by atoms with Crippen molar-refractivity contribution in [1.29, 1.82) is 0 Å². The molecule has 1 saturated heterocycles. The number of rotatable bonds is 11. The van der Waals surface area contributed by atoms with E-state index < -0.39 is 0 Å². The molecule has 1 aromatic carbocycles. The van der Waals surface area contributed by atoms with E-state index in [9.17, 15) is 0 Å². The van der Waals surface area contributed by atoms with Crippen molar-refractivity contribution in [1.82, 2.24) is 4.90 Å². The van der Waals surface area contributed by atoms with Gasteiger partial charge in [-0.1, -0.05) is 43.0 Å². The fraction of sp³-hybridized carbons (Fsp3) is 0.714. The second-order valence-corrected chi connectivity index (χ2v) is 8.06. The second-order valence-electron chi connectivity index (χ2n) is 7.25. The van der Waals surface area contributed by atoms with E-state index in [1.807, 2.05) is 13.0 Å². The molecule has 0 N–H and O–H groups in total. The van der Waals surface area contributed by atoms with Crippen molar-refractivity contribution < 1.29 is 14.2 Å². The van der Waals surface area contributed by atoms with Gasteiger partial charge in [-0.3, -0.25) is 0 Å². The molecule has 0 aliphatic carbocycles. The Morgan fingerprint density at radius 1 is 1.22 bits per heavy atom. The van der Waals surface area contributed by atoms with Gasteiger partial charge in [0.2, 0.25) is 0 Å². The summed E-state index contributed by atoms with van der Waals surface area (Å²) in [5.74, 6) is 1.22. The molecule has 0 radical (unpaired) electrons. The molecule has 4 nitrogen and oxygen atoms in total. The first kappa shape index (κ1) is 22.8. The molecule has 0 bridgehead atoms. The van der Waals surface area contributed by atoms with Gasteiger partial charge in [-0.25, -0.2) is 0 Å². The minimum atomic E-state index is -0.191. The Hall–Kier alpha value is -0.520. The van der Waals surface area contributed by atoms with Gasteiger partial charge in [0, 0.05) is 19.7 Å². The van der Waals surface area contributed by atoms with Gasteiger partial charge in [0.25, 0.3) is 0 Å². The predicted octanol–water partition coefficient (Wildman–Crippen LogP) is 5.65. The van der Waals surface area contributed by atoms with E-state index in [1.54, 1.807) is 19.2 Å². The molecule has 0 aromatic heterocycles. The fourth-order valence-corrected chi connectivity index (χ4v) is 3.79. The third-order valence-corrected chi connectivity index (χ3v) is 5.94. The smallest absolute Gasteiger partial charge is 0.154 e. The van der Waals surface area contributed by atoms with E-state index >= 15 is 0 Å². The molecular formula is C21H33Cl2NO3. The highest BCUT2D eigenvalue weighted by molar-refractivity contribution is 6.42. The summed E-state index contributed by atoms with van der Waals surface area (Å²) >= 11 is 12.0. The van der Waals surface area contributed by atoms with Gasteiger partial charge < -0.3 is 19.1 Å². The third kappa shape index (κ3) is 7.78. The Morgan fingerprint density at radius 3 is 2.74 bits per heavy atom. The molecule has 0 saturated carbocycles. The minimum Gasteiger partial charge on any atom is -0.494 e. The largest absolute Gasteiger partial charge is 0.494 e. The molecule has 1 aromatic rings. The Labute approximate surface area is 174 Å². The van der Waals surface area contributed by atoms with Crippen molar-refractivity contribution in [2.45, 2.75) is 58.3 Å². The Bertz CT molecular complexity index is 558. The van der Waals surface area contributed by atoms with E-state index in [4.69, 9.17) is 37.4 Å². The lowest BCUT2D eigenvalue weighted by Crippen LogP contribution is -2.47. The van der Waals surface area contributed by atoms with Crippen LogP contribution >= 0.6 is 23.2 Å². The van der Waals surface area contributed by atoms with Crippen molar-refractivity contribution >= 4 is 23.2 Å². The predicted molar refractivity (Wildman–Crippen MR) is 112 cm³/mol. The number of halogens is 2. The number of piperidine rings is 1. The summed E-state index contributed by atoms with van der Waals surface area (Å²) in [5.41, 5.74) is 0. The van der Waals surface area contributed by atoms with Crippen molar-refractivity contribution in [3.8, 4) is 5.75 Å². The topological polar surface area (TPSA) is 30.9 Å². The fourth-order valence-electron chi connectivity index (χ4n) is 3.50. The van der Waals surface area contributed by atoms with Gasteiger partial charge in [0.1, 0.15) is 5.75 Å². The monoisotopic (exact) mass is 417 g/mol. The average molecular weight is 418 g/mol. The van der Waals surface area contributed by atoms with Crippen LogP contribution in [0.25, 0.3) is 0 Å². The SMILES string of the molecule is CCCCCN1CCC(CCOc2ccc(Cl)c(Cl)c2)C(OC(C)OC)C1.